The summed E-state index contributed by atoms with van der Waals surface area (Å²) in [7, 11) is -2.96. The number of rotatable bonds is 5. The van der Waals surface area contributed by atoms with Gasteiger partial charge >= 0.3 is 5.97 Å². The summed E-state index contributed by atoms with van der Waals surface area (Å²) in [4.78, 5) is 24.4. The molecule has 2 saturated carbocycles. The van der Waals surface area contributed by atoms with Crippen molar-refractivity contribution in [3.8, 4) is 0 Å². The molecule has 2 unspecified atom stereocenters. The average molecular weight is 532 g/mol. The van der Waals surface area contributed by atoms with Gasteiger partial charge in [-0.2, -0.15) is 0 Å². The Balaban J connectivity index is 1.62. The minimum atomic E-state index is -4.10. The first-order valence-corrected chi connectivity index (χ1v) is 12.6. The summed E-state index contributed by atoms with van der Waals surface area (Å²) in [6.45, 7) is 0. The number of aliphatic hydroxyl groups is 1. The lowest BCUT2D eigenvalue weighted by Crippen LogP contribution is -2.50. The third-order valence-electron chi connectivity index (χ3n) is 6.70. The maximum Gasteiger partial charge on any atom is 0.337 e. The highest BCUT2D eigenvalue weighted by atomic mass is 35.5. The highest BCUT2D eigenvalue weighted by Crippen LogP contribution is 2.51. The summed E-state index contributed by atoms with van der Waals surface area (Å²) < 4.78 is 72.0. The van der Waals surface area contributed by atoms with Crippen LogP contribution in [0.15, 0.2) is 35.2 Å². The Morgan fingerprint density at radius 2 is 1.66 bits per heavy atom. The molecule has 0 aliphatic heterocycles. The summed E-state index contributed by atoms with van der Waals surface area (Å²) in [5.41, 5.74) is -2.29. The number of halogens is 4. The molecule has 35 heavy (non-hydrogen) atoms. The maximum absolute atomic E-state index is 13.6. The van der Waals surface area contributed by atoms with Crippen LogP contribution in [0.5, 0.6) is 0 Å². The van der Waals surface area contributed by atoms with Crippen LogP contribution in [0.1, 0.15) is 36.0 Å². The fraction of sp³-hybridized carbons (Fsp3) is 0.391. The van der Waals surface area contributed by atoms with E-state index < -0.39 is 61.9 Å². The van der Waals surface area contributed by atoms with Crippen molar-refractivity contribution in [2.75, 3.05) is 12.4 Å². The first kappa shape index (κ1) is 25.5. The second-order valence-corrected chi connectivity index (χ2v) is 11.4. The molecule has 0 spiro atoms. The lowest BCUT2D eigenvalue weighted by molar-refractivity contribution is -0.168. The predicted molar refractivity (Wildman–Crippen MR) is 119 cm³/mol. The number of benzene rings is 2. The summed E-state index contributed by atoms with van der Waals surface area (Å²) in [5.74, 6) is -7.45. The smallest absolute Gasteiger partial charge is 0.337 e. The molecule has 0 aromatic heterocycles. The Morgan fingerprint density at radius 3 is 2.20 bits per heavy atom. The first-order chi connectivity index (χ1) is 16.4. The van der Waals surface area contributed by atoms with Gasteiger partial charge < -0.3 is 15.2 Å². The lowest BCUT2D eigenvalue weighted by Gasteiger charge is -2.38. The Labute approximate surface area is 204 Å². The van der Waals surface area contributed by atoms with Gasteiger partial charge in [-0.15, -0.1) is 0 Å². The molecule has 2 aromatic rings. The van der Waals surface area contributed by atoms with Crippen molar-refractivity contribution in [3.63, 3.8) is 0 Å². The van der Waals surface area contributed by atoms with Crippen molar-refractivity contribution in [2.24, 2.45) is 11.8 Å². The zero-order chi connectivity index (χ0) is 25.7. The van der Waals surface area contributed by atoms with Crippen molar-refractivity contribution in [2.45, 2.75) is 41.4 Å². The standard InChI is InChI=1S/C23H21ClF3NO6S/c1-34-22(30)23(31)9-12-2-3-13(10-23)20(12)35(32,33)18-6-11(4-5-15(18)24)21(29)28-14-7-16(25)19(27)17(26)8-14/h4-8,12-13,20,31H,2-3,9-10H2,1H3,(H,28,29). The van der Waals surface area contributed by atoms with Gasteiger partial charge in [0.05, 0.1) is 22.3 Å². The van der Waals surface area contributed by atoms with Gasteiger partial charge in [0.1, 0.15) is 0 Å². The third-order valence-corrected chi connectivity index (χ3v) is 9.58. The molecule has 188 valence electrons. The molecular weight excluding hydrogens is 511 g/mol. The van der Waals surface area contributed by atoms with Crippen LogP contribution in [-0.2, 0) is 19.4 Å². The van der Waals surface area contributed by atoms with Crippen LogP contribution in [0, 0.1) is 29.3 Å². The van der Waals surface area contributed by atoms with Crippen molar-refractivity contribution in [3.05, 3.63) is 58.4 Å². The molecule has 2 aliphatic carbocycles. The fourth-order valence-electron chi connectivity index (χ4n) is 5.23. The monoisotopic (exact) mass is 531 g/mol. The van der Waals surface area contributed by atoms with Crippen molar-refractivity contribution >= 4 is 39.0 Å². The number of ether oxygens (including phenoxy) is 1. The van der Waals surface area contributed by atoms with E-state index in [4.69, 9.17) is 11.6 Å². The SMILES string of the molecule is COC(=O)C1(O)CC2CCC(C1)C2S(=O)(=O)c1cc(C(=O)Nc2cc(F)c(F)c(F)c2)ccc1Cl. The minimum absolute atomic E-state index is 0.0838. The van der Waals surface area contributed by atoms with Gasteiger partial charge in [-0.1, -0.05) is 11.6 Å². The second kappa shape index (κ2) is 9.11. The second-order valence-electron chi connectivity index (χ2n) is 8.89. The first-order valence-electron chi connectivity index (χ1n) is 10.7. The molecule has 2 atom stereocenters. The van der Waals surface area contributed by atoms with E-state index in [-0.39, 0.29) is 34.0 Å². The number of hydrogen-bond donors (Lipinski definition) is 2. The number of fused-ring (bicyclic) bond motifs is 2. The van der Waals surface area contributed by atoms with Gasteiger partial charge in [0.25, 0.3) is 5.91 Å². The molecule has 7 nitrogen and oxygen atoms in total. The molecule has 0 saturated heterocycles. The molecule has 2 aromatic carbocycles. The molecule has 2 bridgehead atoms. The van der Waals surface area contributed by atoms with Gasteiger partial charge in [-0.05, 0) is 55.7 Å². The van der Waals surface area contributed by atoms with Crippen LogP contribution in [-0.4, -0.2) is 43.4 Å². The largest absolute Gasteiger partial charge is 0.467 e. The summed E-state index contributed by atoms with van der Waals surface area (Å²) in [6, 6.07) is 4.69. The molecule has 2 N–H and O–H groups in total. The zero-order valence-corrected chi connectivity index (χ0v) is 19.9. The number of methoxy groups -OCH3 is 1. The lowest BCUT2D eigenvalue weighted by atomic mass is 9.77. The number of amides is 1. The molecule has 0 heterocycles. The number of carbonyl (C=O) groups excluding carboxylic acids is 2. The summed E-state index contributed by atoms with van der Waals surface area (Å²) in [5, 5.41) is 11.9. The maximum atomic E-state index is 13.6. The molecule has 1 amide bonds. The number of hydrogen-bond acceptors (Lipinski definition) is 6. The highest BCUT2D eigenvalue weighted by molar-refractivity contribution is 7.92. The normalized spacial score (nSPS) is 25.8. The number of esters is 1. The average Bonchev–Trinajstić information content (AvgIpc) is 3.09. The number of sulfone groups is 1. The van der Waals surface area contributed by atoms with E-state index in [1.165, 1.54) is 12.1 Å². The van der Waals surface area contributed by atoms with Crippen LogP contribution >= 0.6 is 11.6 Å². The van der Waals surface area contributed by atoms with Crippen molar-refractivity contribution in [1.82, 2.24) is 0 Å². The molecule has 2 fully saturated rings. The Hall–Kier alpha value is -2.63. The van der Waals surface area contributed by atoms with E-state index in [0.717, 1.165) is 13.2 Å². The van der Waals surface area contributed by atoms with E-state index in [9.17, 15) is 36.3 Å². The minimum Gasteiger partial charge on any atom is -0.467 e. The van der Waals surface area contributed by atoms with Crippen molar-refractivity contribution < 1.29 is 41.0 Å². The Kier molecular flexibility index (Phi) is 6.62. The molecular formula is C23H21ClF3NO6S. The molecule has 2 aliphatic rings. The van der Waals surface area contributed by atoms with Gasteiger partial charge in [-0.25, -0.2) is 26.4 Å². The summed E-state index contributed by atoms with van der Waals surface area (Å²) in [6.07, 6.45) is 0.792. The number of carbonyl (C=O) groups is 2. The Morgan fingerprint density at radius 1 is 1.09 bits per heavy atom. The van der Waals surface area contributed by atoms with Crippen LogP contribution in [0.3, 0.4) is 0 Å². The molecule has 0 radical (unpaired) electrons. The third kappa shape index (κ3) is 4.52. The van der Waals surface area contributed by atoms with Crippen LogP contribution in [0.25, 0.3) is 0 Å². The number of anilines is 1. The van der Waals surface area contributed by atoms with Crippen molar-refractivity contribution in [1.29, 1.82) is 0 Å². The van der Waals surface area contributed by atoms with Gasteiger partial charge in [0, 0.05) is 23.4 Å². The van der Waals surface area contributed by atoms with Gasteiger partial charge in [0.15, 0.2) is 32.9 Å². The Bertz CT molecular complexity index is 1280. The van der Waals surface area contributed by atoms with Gasteiger partial charge in [-0.3, -0.25) is 4.79 Å². The molecule has 12 heteroatoms. The molecule has 4 rings (SSSR count). The summed E-state index contributed by atoms with van der Waals surface area (Å²) >= 11 is 6.19. The van der Waals surface area contributed by atoms with E-state index in [1.54, 1.807) is 0 Å². The fourth-order valence-corrected chi connectivity index (χ4v) is 8.07. The van der Waals surface area contributed by atoms with E-state index >= 15 is 0 Å². The highest BCUT2D eigenvalue weighted by Gasteiger charge is 2.57. The van der Waals surface area contributed by atoms with Gasteiger partial charge in [0.2, 0.25) is 0 Å². The topological polar surface area (TPSA) is 110 Å². The predicted octanol–water partition coefficient (Wildman–Crippen LogP) is 3.88. The van der Waals surface area contributed by atoms with Crippen LogP contribution in [0.4, 0.5) is 18.9 Å². The van der Waals surface area contributed by atoms with E-state index in [2.05, 4.69) is 10.1 Å². The van der Waals surface area contributed by atoms with Crippen LogP contribution < -0.4 is 5.32 Å². The quantitative estimate of drug-likeness (QED) is 0.448. The number of nitrogens with one attached hydrogen (secondary N) is 1. The van der Waals surface area contributed by atoms with E-state index in [1.807, 2.05) is 0 Å². The van der Waals surface area contributed by atoms with Crippen LogP contribution in [0.2, 0.25) is 5.02 Å². The zero-order valence-electron chi connectivity index (χ0n) is 18.4. The van der Waals surface area contributed by atoms with E-state index in [0.29, 0.717) is 25.0 Å².